The molecular weight excluding hydrogens is 314 g/mol. The Labute approximate surface area is 145 Å². The van der Waals surface area contributed by atoms with E-state index in [0.29, 0.717) is 12.0 Å². The zero-order valence-electron chi connectivity index (χ0n) is 13.4. The van der Waals surface area contributed by atoms with Gasteiger partial charge >= 0.3 is 0 Å². The average Bonchev–Trinajstić information content (AvgIpc) is 3.19. The molecule has 4 rings (SSSR count). The first kappa shape index (κ1) is 15.2. The number of aldehydes is 1. The lowest BCUT2D eigenvalue weighted by Crippen LogP contribution is -2.04. The van der Waals surface area contributed by atoms with Gasteiger partial charge in [0.1, 0.15) is 6.29 Å². The molecule has 0 fully saturated rings. The molecule has 0 aliphatic carbocycles. The van der Waals surface area contributed by atoms with Crippen molar-refractivity contribution in [2.24, 2.45) is 5.16 Å². The first-order valence-electron chi connectivity index (χ1n) is 7.99. The normalized spacial score (nSPS) is 16.2. The summed E-state index contributed by atoms with van der Waals surface area (Å²) in [5.41, 5.74) is 4.79. The predicted octanol–water partition coefficient (Wildman–Crippen LogP) is 3.82. The van der Waals surface area contributed by atoms with E-state index in [4.69, 9.17) is 4.84 Å². The largest absolute Gasteiger partial charge is 0.385 e. The highest BCUT2D eigenvalue weighted by Crippen LogP contribution is 2.30. The van der Waals surface area contributed by atoms with E-state index in [1.54, 1.807) is 12.4 Å². The van der Waals surface area contributed by atoms with Gasteiger partial charge in [0.25, 0.3) is 0 Å². The number of hydrogen-bond acceptors (Lipinski definition) is 5. The Morgan fingerprint density at radius 2 is 1.76 bits per heavy atom. The Kier molecular flexibility index (Phi) is 4.04. The van der Waals surface area contributed by atoms with E-state index in [2.05, 4.69) is 15.1 Å². The summed E-state index contributed by atoms with van der Waals surface area (Å²) in [6.45, 7) is 0. The molecular formula is C20H15N3O2. The number of nitrogens with zero attached hydrogens (tertiary/aromatic N) is 3. The minimum Gasteiger partial charge on any atom is -0.385 e. The Hall–Kier alpha value is -3.34. The quantitative estimate of drug-likeness (QED) is 0.683. The summed E-state index contributed by atoms with van der Waals surface area (Å²) in [7, 11) is 0. The van der Waals surface area contributed by atoms with Crippen LogP contribution in [0.25, 0.3) is 11.3 Å². The molecule has 1 aliphatic heterocycles. The fraction of sp³-hybridized carbons (Fsp3) is 0.100. The lowest BCUT2D eigenvalue weighted by atomic mass is 9.97. The first-order chi connectivity index (χ1) is 12.3. The SMILES string of the molecule is O=Cc1cc(C2=NO[C@H](c3ccccn3)C2)cc(-c2ccccn2)c1. The van der Waals surface area contributed by atoms with Crippen LogP contribution in [0.2, 0.25) is 0 Å². The molecule has 0 N–H and O–H groups in total. The first-order valence-corrected chi connectivity index (χ1v) is 7.99. The molecule has 0 bridgehead atoms. The van der Waals surface area contributed by atoms with Crippen molar-refractivity contribution >= 4 is 12.0 Å². The van der Waals surface area contributed by atoms with Crippen LogP contribution < -0.4 is 0 Å². The Bertz CT molecular complexity index is 924. The molecule has 0 spiro atoms. The molecule has 5 heteroatoms. The lowest BCUT2D eigenvalue weighted by Gasteiger charge is -2.08. The van der Waals surface area contributed by atoms with Gasteiger partial charge in [-0.15, -0.1) is 0 Å². The molecule has 0 amide bonds. The second-order valence-corrected chi connectivity index (χ2v) is 5.77. The maximum atomic E-state index is 11.3. The number of benzene rings is 1. The molecule has 2 aromatic heterocycles. The number of oxime groups is 1. The number of aromatic nitrogens is 2. The summed E-state index contributed by atoms with van der Waals surface area (Å²) in [6, 6.07) is 17.0. The van der Waals surface area contributed by atoms with Gasteiger partial charge in [-0.3, -0.25) is 14.8 Å². The van der Waals surface area contributed by atoms with Crippen LogP contribution in [0.3, 0.4) is 0 Å². The van der Waals surface area contributed by atoms with Crippen molar-refractivity contribution in [3.8, 4) is 11.3 Å². The van der Waals surface area contributed by atoms with Crippen LogP contribution in [0.5, 0.6) is 0 Å². The third-order valence-electron chi connectivity index (χ3n) is 4.07. The van der Waals surface area contributed by atoms with Crippen molar-refractivity contribution in [3.63, 3.8) is 0 Å². The fourth-order valence-corrected chi connectivity index (χ4v) is 2.84. The number of pyridine rings is 2. The lowest BCUT2D eigenvalue weighted by molar-refractivity contribution is 0.0826. The highest BCUT2D eigenvalue weighted by molar-refractivity contribution is 6.03. The predicted molar refractivity (Wildman–Crippen MR) is 94.3 cm³/mol. The molecule has 0 radical (unpaired) electrons. The standard InChI is InChI=1S/C20H15N3O2/c24-13-14-9-15(17-5-1-3-7-21-17)11-16(10-14)19-12-20(25-23-19)18-6-2-4-8-22-18/h1-11,13,20H,12H2/t20-/m0/s1. The van der Waals surface area contributed by atoms with E-state index in [-0.39, 0.29) is 6.10 Å². The van der Waals surface area contributed by atoms with Gasteiger partial charge in [0.2, 0.25) is 0 Å². The molecule has 1 aromatic carbocycles. The monoisotopic (exact) mass is 329 g/mol. The second-order valence-electron chi connectivity index (χ2n) is 5.77. The van der Waals surface area contributed by atoms with Gasteiger partial charge in [0, 0.05) is 35.5 Å². The smallest absolute Gasteiger partial charge is 0.174 e. The van der Waals surface area contributed by atoms with Crippen molar-refractivity contribution in [3.05, 3.63) is 83.8 Å². The molecule has 3 aromatic rings. The highest BCUT2D eigenvalue weighted by Gasteiger charge is 2.25. The third-order valence-corrected chi connectivity index (χ3v) is 4.07. The van der Waals surface area contributed by atoms with E-state index in [1.807, 2.05) is 54.6 Å². The van der Waals surface area contributed by atoms with Crippen LogP contribution >= 0.6 is 0 Å². The summed E-state index contributed by atoms with van der Waals surface area (Å²) >= 11 is 0. The van der Waals surface area contributed by atoms with Gasteiger partial charge in [0.15, 0.2) is 6.10 Å². The van der Waals surface area contributed by atoms with Crippen molar-refractivity contribution in [1.29, 1.82) is 0 Å². The zero-order valence-corrected chi connectivity index (χ0v) is 13.4. The maximum Gasteiger partial charge on any atom is 0.174 e. The van der Waals surface area contributed by atoms with Crippen molar-refractivity contribution in [2.45, 2.75) is 12.5 Å². The number of carbonyl (C=O) groups excluding carboxylic acids is 1. The average molecular weight is 329 g/mol. The number of carbonyl (C=O) groups is 1. The molecule has 0 saturated carbocycles. The number of hydrogen-bond donors (Lipinski definition) is 0. The van der Waals surface area contributed by atoms with E-state index in [9.17, 15) is 4.79 Å². The van der Waals surface area contributed by atoms with Gasteiger partial charge in [-0.1, -0.05) is 17.3 Å². The second kappa shape index (κ2) is 6.65. The van der Waals surface area contributed by atoms with E-state index in [0.717, 1.165) is 34.5 Å². The Morgan fingerprint density at radius 3 is 2.48 bits per heavy atom. The summed E-state index contributed by atoms with van der Waals surface area (Å²) in [5, 5.41) is 4.21. The Morgan fingerprint density at radius 1 is 0.960 bits per heavy atom. The zero-order chi connectivity index (χ0) is 17.1. The minimum atomic E-state index is -0.200. The number of rotatable bonds is 4. The van der Waals surface area contributed by atoms with Gasteiger partial charge in [-0.05, 0) is 42.5 Å². The third kappa shape index (κ3) is 3.17. The molecule has 0 unspecified atom stereocenters. The van der Waals surface area contributed by atoms with Crippen LogP contribution in [0.15, 0.2) is 72.1 Å². The molecule has 5 nitrogen and oxygen atoms in total. The molecule has 1 aliphatic rings. The molecule has 122 valence electrons. The van der Waals surface area contributed by atoms with Gasteiger partial charge in [-0.25, -0.2) is 0 Å². The van der Waals surface area contributed by atoms with Crippen molar-refractivity contribution < 1.29 is 9.63 Å². The molecule has 25 heavy (non-hydrogen) atoms. The van der Waals surface area contributed by atoms with Crippen LogP contribution in [0.4, 0.5) is 0 Å². The summed E-state index contributed by atoms with van der Waals surface area (Å²) < 4.78 is 0. The Balaban J connectivity index is 1.66. The summed E-state index contributed by atoms with van der Waals surface area (Å²) in [4.78, 5) is 25.6. The molecule has 3 heterocycles. The van der Waals surface area contributed by atoms with E-state index in [1.165, 1.54) is 0 Å². The van der Waals surface area contributed by atoms with Crippen molar-refractivity contribution in [1.82, 2.24) is 9.97 Å². The van der Waals surface area contributed by atoms with Crippen LogP contribution in [-0.2, 0) is 4.84 Å². The topological polar surface area (TPSA) is 64.4 Å². The minimum absolute atomic E-state index is 0.200. The van der Waals surface area contributed by atoms with Crippen molar-refractivity contribution in [2.75, 3.05) is 0 Å². The van der Waals surface area contributed by atoms with Gasteiger partial charge in [-0.2, -0.15) is 0 Å². The van der Waals surface area contributed by atoms with E-state index >= 15 is 0 Å². The molecule has 1 atom stereocenters. The van der Waals surface area contributed by atoms with Crippen LogP contribution in [0, 0.1) is 0 Å². The summed E-state index contributed by atoms with van der Waals surface area (Å²) in [5.74, 6) is 0. The van der Waals surface area contributed by atoms with Gasteiger partial charge in [0.05, 0.1) is 17.1 Å². The highest BCUT2D eigenvalue weighted by atomic mass is 16.6. The maximum absolute atomic E-state index is 11.3. The van der Waals surface area contributed by atoms with Gasteiger partial charge < -0.3 is 4.84 Å². The van der Waals surface area contributed by atoms with Crippen LogP contribution in [-0.4, -0.2) is 22.0 Å². The fourth-order valence-electron chi connectivity index (χ4n) is 2.84. The molecule has 0 saturated heterocycles. The summed E-state index contributed by atoms with van der Waals surface area (Å²) in [6.07, 6.45) is 4.72. The van der Waals surface area contributed by atoms with E-state index < -0.39 is 0 Å². The van der Waals surface area contributed by atoms with Crippen LogP contribution in [0.1, 0.15) is 34.1 Å².